The molecular formula is C26H21N5OS. The van der Waals surface area contributed by atoms with Crippen LogP contribution >= 0.6 is 11.3 Å². The van der Waals surface area contributed by atoms with E-state index in [1.807, 2.05) is 36.2 Å². The van der Waals surface area contributed by atoms with Gasteiger partial charge in [-0.3, -0.25) is 9.79 Å². The van der Waals surface area contributed by atoms with Crippen molar-refractivity contribution < 1.29 is 0 Å². The molecule has 4 heterocycles. The fourth-order valence-corrected chi connectivity index (χ4v) is 6.50. The lowest BCUT2D eigenvalue weighted by Gasteiger charge is -2.12. The summed E-state index contributed by atoms with van der Waals surface area (Å²) in [6.07, 6.45) is 5.97. The number of fused-ring (bicyclic) bond motifs is 4. The summed E-state index contributed by atoms with van der Waals surface area (Å²) in [7, 11) is 1.94. The molecule has 7 rings (SSSR count). The van der Waals surface area contributed by atoms with Crippen LogP contribution in [-0.2, 0) is 25.6 Å². The lowest BCUT2D eigenvalue weighted by atomic mass is 9.97. The lowest BCUT2D eigenvalue weighted by molar-refractivity contribution is 0.643. The van der Waals surface area contributed by atoms with Gasteiger partial charge in [0.05, 0.1) is 24.0 Å². The first kappa shape index (κ1) is 18.9. The molecule has 0 radical (unpaired) electrons. The van der Waals surface area contributed by atoms with Crippen LogP contribution in [-0.4, -0.2) is 25.5 Å². The smallest absolute Gasteiger partial charge is 0.291 e. The number of benzene rings is 2. The number of aromatic nitrogens is 4. The molecule has 5 aromatic rings. The zero-order chi connectivity index (χ0) is 22.2. The Labute approximate surface area is 193 Å². The summed E-state index contributed by atoms with van der Waals surface area (Å²) in [6, 6.07) is 16.8. The summed E-state index contributed by atoms with van der Waals surface area (Å²) in [5, 5.41) is 6.59. The van der Waals surface area contributed by atoms with Gasteiger partial charge in [0.15, 0.2) is 5.65 Å². The number of nitrogens with zero attached hydrogens (tertiary/aromatic N) is 5. The molecule has 0 spiro atoms. The Kier molecular flexibility index (Phi) is 3.85. The molecular weight excluding hydrogens is 430 g/mol. The standard InChI is InChI=1S/C26H21N5OS/c1-30-21-20(14-28-31(24(21)32)15-17-7-5-6-16-12-27-13-19(16)17)22-23(30)29-25(33-22)26(10-11-26)18-8-3-2-4-9-18/h2-9,13-14H,10-12,15H2,1H3. The van der Waals surface area contributed by atoms with E-state index in [1.54, 1.807) is 16.0 Å². The highest BCUT2D eigenvalue weighted by Gasteiger charge is 2.48. The quantitative estimate of drug-likeness (QED) is 0.407. The molecule has 0 amide bonds. The third kappa shape index (κ3) is 2.66. The van der Waals surface area contributed by atoms with Crippen LogP contribution in [0.4, 0.5) is 0 Å². The second-order valence-corrected chi connectivity index (χ2v) is 10.0. The molecule has 1 aliphatic heterocycles. The van der Waals surface area contributed by atoms with Crippen molar-refractivity contribution in [3.05, 3.63) is 92.3 Å². The molecule has 2 aromatic carbocycles. The van der Waals surface area contributed by atoms with Gasteiger partial charge in [0, 0.05) is 29.6 Å². The van der Waals surface area contributed by atoms with E-state index < -0.39 is 0 Å². The monoisotopic (exact) mass is 451 g/mol. The van der Waals surface area contributed by atoms with E-state index in [0.717, 1.165) is 44.7 Å². The van der Waals surface area contributed by atoms with Gasteiger partial charge in [-0.2, -0.15) is 5.10 Å². The number of thiazole rings is 1. The average Bonchev–Trinajstić information content (AvgIpc) is 3.18. The summed E-state index contributed by atoms with van der Waals surface area (Å²) in [6.45, 7) is 1.13. The number of hydrogen-bond acceptors (Lipinski definition) is 5. The third-order valence-electron chi connectivity index (χ3n) is 7.10. The van der Waals surface area contributed by atoms with Crippen molar-refractivity contribution >= 4 is 38.8 Å². The molecule has 7 heteroatoms. The molecule has 1 aliphatic carbocycles. The van der Waals surface area contributed by atoms with Crippen LogP contribution < -0.4 is 5.56 Å². The minimum absolute atomic E-state index is 0.0227. The Morgan fingerprint density at radius 3 is 2.76 bits per heavy atom. The predicted octanol–water partition coefficient (Wildman–Crippen LogP) is 4.41. The van der Waals surface area contributed by atoms with Gasteiger partial charge < -0.3 is 4.57 Å². The highest BCUT2D eigenvalue weighted by atomic mass is 32.1. The molecule has 0 N–H and O–H groups in total. The summed E-state index contributed by atoms with van der Waals surface area (Å²) >= 11 is 1.71. The van der Waals surface area contributed by atoms with Gasteiger partial charge in [-0.15, -0.1) is 11.3 Å². The SMILES string of the molecule is Cn1c2nc(C3(c4ccccc4)CC3)sc2c2cnn(Cc3cccc4c3C=NC4)c(=O)c21. The van der Waals surface area contributed by atoms with Crippen molar-refractivity contribution in [1.82, 2.24) is 19.3 Å². The molecule has 33 heavy (non-hydrogen) atoms. The molecule has 0 unspecified atom stereocenters. The van der Waals surface area contributed by atoms with E-state index in [1.165, 1.54) is 11.1 Å². The summed E-state index contributed by atoms with van der Waals surface area (Å²) < 4.78 is 4.55. The Morgan fingerprint density at radius 2 is 1.94 bits per heavy atom. The van der Waals surface area contributed by atoms with E-state index in [-0.39, 0.29) is 11.0 Å². The van der Waals surface area contributed by atoms with Gasteiger partial charge in [-0.1, -0.05) is 48.5 Å². The molecule has 0 saturated heterocycles. The molecule has 2 aliphatic rings. The van der Waals surface area contributed by atoms with Crippen LogP contribution in [0.2, 0.25) is 0 Å². The van der Waals surface area contributed by atoms with E-state index in [9.17, 15) is 4.79 Å². The van der Waals surface area contributed by atoms with E-state index in [2.05, 4.69) is 46.5 Å². The predicted molar refractivity (Wildman–Crippen MR) is 131 cm³/mol. The van der Waals surface area contributed by atoms with Crippen molar-refractivity contribution in [2.24, 2.45) is 12.0 Å². The maximum atomic E-state index is 13.5. The first-order chi connectivity index (χ1) is 16.2. The molecule has 1 saturated carbocycles. The normalized spacial score (nSPS) is 16.0. The highest BCUT2D eigenvalue weighted by molar-refractivity contribution is 7.19. The van der Waals surface area contributed by atoms with Crippen LogP contribution in [0.25, 0.3) is 21.3 Å². The van der Waals surface area contributed by atoms with Crippen LogP contribution in [0, 0.1) is 0 Å². The molecule has 0 bridgehead atoms. The summed E-state index contributed by atoms with van der Waals surface area (Å²) in [4.78, 5) is 22.9. The molecule has 6 nitrogen and oxygen atoms in total. The fourth-order valence-electron chi connectivity index (χ4n) is 5.12. The minimum atomic E-state index is -0.0847. The highest BCUT2D eigenvalue weighted by Crippen LogP contribution is 2.55. The molecule has 1 fully saturated rings. The molecule has 162 valence electrons. The van der Waals surface area contributed by atoms with E-state index in [0.29, 0.717) is 18.6 Å². The van der Waals surface area contributed by atoms with Gasteiger partial charge in [0.1, 0.15) is 10.5 Å². The van der Waals surface area contributed by atoms with Crippen LogP contribution in [0.15, 0.2) is 64.5 Å². The molecule has 3 aromatic heterocycles. The van der Waals surface area contributed by atoms with Crippen LogP contribution in [0.1, 0.15) is 40.1 Å². The van der Waals surface area contributed by atoms with Crippen molar-refractivity contribution in [1.29, 1.82) is 0 Å². The van der Waals surface area contributed by atoms with Crippen molar-refractivity contribution in [2.45, 2.75) is 31.3 Å². The summed E-state index contributed by atoms with van der Waals surface area (Å²) in [5.41, 5.74) is 6.18. The van der Waals surface area contributed by atoms with Crippen molar-refractivity contribution in [3.63, 3.8) is 0 Å². The van der Waals surface area contributed by atoms with Crippen LogP contribution in [0.5, 0.6) is 0 Å². The van der Waals surface area contributed by atoms with Crippen LogP contribution in [0.3, 0.4) is 0 Å². The third-order valence-corrected chi connectivity index (χ3v) is 8.38. The van der Waals surface area contributed by atoms with Gasteiger partial charge in [0.2, 0.25) is 0 Å². The average molecular weight is 452 g/mol. The minimum Gasteiger partial charge on any atom is -0.323 e. The molecule has 0 atom stereocenters. The van der Waals surface area contributed by atoms with E-state index >= 15 is 0 Å². The van der Waals surface area contributed by atoms with Crippen molar-refractivity contribution in [2.75, 3.05) is 0 Å². The van der Waals surface area contributed by atoms with Gasteiger partial charge in [-0.05, 0) is 29.5 Å². The fraction of sp³-hybridized carbons (Fsp3) is 0.231. The first-order valence-corrected chi connectivity index (χ1v) is 12.0. The Bertz CT molecular complexity index is 1650. The Balaban J connectivity index is 1.34. The van der Waals surface area contributed by atoms with Gasteiger partial charge >= 0.3 is 0 Å². The zero-order valence-electron chi connectivity index (χ0n) is 18.2. The number of aryl methyl sites for hydroxylation is 1. The zero-order valence-corrected chi connectivity index (χ0v) is 19.0. The van der Waals surface area contributed by atoms with Gasteiger partial charge in [0.25, 0.3) is 5.56 Å². The number of aliphatic imine (C=N–C) groups is 1. The maximum absolute atomic E-state index is 13.5. The Morgan fingerprint density at radius 1 is 1.09 bits per heavy atom. The second-order valence-electron chi connectivity index (χ2n) is 9.01. The lowest BCUT2D eigenvalue weighted by Crippen LogP contribution is -2.25. The Hall–Kier alpha value is -3.58. The maximum Gasteiger partial charge on any atom is 0.291 e. The van der Waals surface area contributed by atoms with E-state index in [4.69, 9.17) is 4.98 Å². The summed E-state index contributed by atoms with van der Waals surface area (Å²) in [5.74, 6) is 0. The number of hydrogen-bond donors (Lipinski definition) is 0. The van der Waals surface area contributed by atoms with Gasteiger partial charge in [-0.25, -0.2) is 9.67 Å². The topological polar surface area (TPSA) is 65.1 Å². The number of rotatable bonds is 4. The first-order valence-electron chi connectivity index (χ1n) is 11.2. The second kappa shape index (κ2) is 6.71. The van der Waals surface area contributed by atoms with Crippen molar-refractivity contribution in [3.8, 4) is 0 Å². The largest absolute Gasteiger partial charge is 0.323 e.